The van der Waals surface area contributed by atoms with E-state index in [-0.39, 0.29) is 11.9 Å². The van der Waals surface area contributed by atoms with Crippen molar-refractivity contribution in [1.29, 1.82) is 0 Å². The molecule has 2 aliphatic carbocycles. The minimum absolute atomic E-state index is 0.00352. The molecule has 2 aliphatic rings. The second-order valence-corrected chi connectivity index (χ2v) is 11.4. The van der Waals surface area contributed by atoms with E-state index in [4.69, 9.17) is 4.74 Å². The number of hydrogen-bond acceptors (Lipinski definition) is 2. The zero-order valence-corrected chi connectivity index (χ0v) is 22.8. The maximum absolute atomic E-state index is 12.7. The Balaban J connectivity index is 1.35. The molecular weight excluding hydrogens is 428 g/mol. The molecule has 0 N–H and O–H groups in total. The molecule has 1 saturated carbocycles. The molecule has 0 aromatic heterocycles. The second kappa shape index (κ2) is 15.3. The molecule has 3 rings (SSSR count). The van der Waals surface area contributed by atoms with E-state index in [0.29, 0.717) is 11.7 Å². The Morgan fingerprint density at radius 3 is 2.31 bits per heavy atom. The normalized spacial score (nSPS) is 22.4. The largest absolute Gasteiger partial charge is 0.426 e. The highest BCUT2D eigenvalue weighted by atomic mass is 16.5. The maximum Gasteiger partial charge on any atom is 0.314 e. The van der Waals surface area contributed by atoms with Crippen molar-refractivity contribution in [2.24, 2.45) is 11.8 Å². The van der Waals surface area contributed by atoms with Crippen molar-refractivity contribution < 1.29 is 9.53 Å². The maximum atomic E-state index is 12.7. The Labute approximate surface area is 215 Å². The minimum atomic E-state index is -0.0625. The van der Waals surface area contributed by atoms with Gasteiger partial charge >= 0.3 is 5.97 Å². The fourth-order valence-electron chi connectivity index (χ4n) is 5.88. The van der Waals surface area contributed by atoms with Crippen molar-refractivity contribution >= 4 is 5.97 Å². The van der Waals surface area contributed by atoms with Gasteiger partial charge in [0.1, 0.15) is 5.75 Å². The van der Waals surface area contributed by atoms with Crippen LogP contribution in [-0.4, -0.2) is 5.97 Å². The van der Waals surface area contributed by atoms with Crippen LogP contribution in [0.1, 0.15) is 135 Å². The molecule has 0 amide bonds. The molecule has 0 aliphatic heterocycles. The van der Waals surface area contributed by atoms with Gasteiger partial charge in [0, 0.05) is 0 Å². The molecule has 1 unspecified atom stereocenters. The zero-order valence-electron chi connectivity index (χ0n) is 22.8. The number of carbonyl (C=O) groups is 1. The van der Waals surface area contributed by atoms with Crippen LogP contribution in [0.3, 0.4) is 0 Å². The van der Waals surface area contributed by atoms with Crippen LogP contribution in [0.4, 0.5) is 0 Å². The van der Waals surface area contributed by atoms with Crippen LogP contribution in [0.25, 0.3) is 0 Å². The lowest BCUT2D eigenvalue weighted by molar-refractivity contribution is -0.139. The lowest BCUT2D eigenvalue weighted by Gasteiger charge is -2.29. The SMILES string of the molecule is CCCCCCCCC1CCC(c2ccc(OC(=O)C3CC=C(CCC=C(C)C)CC3)cc2)CC1. The Kier molecular flexibility index (Phi) is 12.1. The molecule has 1 aromatic carbocycles. The summed E-state index contributed by atoms with van der Waals surface area (Å²) in [5.74, 6) is 2.26. The first kappa shape index (κ1) is 27.8. The summed E-state index contributed by atoms with van der Waals surface area (Å²) in [6.07, 6.45) is 24.8. The zero-order chi connectivity index (χ0) is 24.9. The fraction of sp³-hybridized carbons (Fsp3) is 0.667. The summed E-state index contributed by atoms with van der Waals surface area (Å²) < 4.78 is 5.76. The molecule has 0 saturated heterocycles. The first-order chi connectivity index (χ1) is 17.0. The monoisotopic (exact) mass is 478 g/mol. The van der Waals surface area contributed by atoms with Gasteiger partial charge < -0.3 is 4.74 Å². The Hall–Kier alpha value is -1.83. The van der Waals surface area contributed by atoms with Crippen LogP contribution in [-0.2, 0) is 4.79 Å². The third-order valence-electron chi connectivity index (χ3n) is 8.24. The third-order valence-corrected chi connectivity index (χ3v) is 8.24. The van der Waals surface area contributed by atoms with E-state index >= 15 is 0 Å². The van der Waals surface area contributed by atoms with Gasteiger partial charge in [0.15, 0.2) is 0 Å². The average molecular weight is 479 g/mol. The molecule has 1 aromatic rings. The quantitative estimate of drug-likeness (QED) is 0.122. The fourth-order valence-corrected chi connectivity index (χ4v) is 5.88. The van der Waals surface area contributed by atoms with Gasteiger partial charge in [-0.3, -0.25) is 4.79 Å². The molecule has 0 bridgehead atoms. The first-order valence-corrected chi connectivity index (χ1v) is 14.7. The van der Waals surface area contributed by atoms with Crippen molar-refractivity contribution in [3.8, 4) is 5.75 Å². The molecule has 0 spiro atoms. The van der Waals surface area contributed by atoms with Crippen molar-refractivity contribution in [2.75, 3.05) is 0 Å². The number of hydrogen-bond donors (Lipinski definition) is 0. The Morgan fingerprint density at radius 1 is 0.943 bits per heavy atom. The molecule has 0 heterocycles. The molecule has 35 heavy (non-hydrogen) atoms. The highest BCUT2D eigenvalue weighted by molar-refractivity contribution is 5.75. The van der Waals surface area contributed by atoms with Gasteiger partial charge in [-0.25, -0.2) is 0 Å². The number of esters is 1. The van der Waals surface area contributed by atoms with Gasteiger partial charge in [-0.2, -0.15) is 0 Å². The number of unbranched alkanes of at least 4 members (excludes halogenated alkanes) is 5. The number of rotatable bonds is 13. The van der Waals surface area contributed by atoms with Crippen LogP contribution in [0.5, 0.6) is 5.75 Å². The van der Waals surface area contributed by atoms with E-state index in [9.17, 15) is 4.79 Å². The van der Waals surface area contributed by atoms with Gasteiger partial charge in [0.05, 0.1) is 5.92 Å². The summed E-state index contributed by atoms with van der Waals surface area (Å²) in [6.45, 7) is 6.59. The summed E-state index contributed by atoms with van der Waals surface area (Å²) >= 11 is 0. The van der Waals surface area contributed by atoms with Crippen LogP contribution in [0.15, 0.2) is 47.6 Å². The van der Waals surface area contributed by atoms with E-state index in [2.05, 4.69) is 45.1 Å². The predicted octanol–water partition coefficient (Wildman–Crippen LogP) is 10.1. The summed E-state index contributed by atoms with van der Waals surface area (Å²) in [6, 6.07) is 8.42. The lowest BCUT2D eigenvalue weighted by atomic mass is 9.77. The summed E-state index contributed by atoms with van der Waals surface area (Å²) in [7, 11) is 0. The first-order valence-electron chi connectivity index (χ1n) is 14.7. The van der Waals surface area contributed by atoms with Crippen molar-refractivity contribution in [3.05, 3.63) is 53.1 Å². The molecule has 1 atom stereocenters. The highest BCUT2D eigenvalue weighted by Crippen LogP contribution is 2.38. The molecule has 0 radical (unpaired) electrons. The highest BCUT2D eigenvalue weighted by Gasteiger charge is 2.24. The summed E-state index contributed by atoms with van der Waals surface area (Å²) in [5, 5.41) is 0. The summed E-state index contributed by atoms with van der Waals surface area (Å²) in [5.41, 5.74) is 4.30. The van der Waals surface area contributed by atoms with Crippen molar-refractivity contribution in [2.45, 2.75) is 129 Å². The molecule has 2 nitrogen and oxygen atoms in total. The van der Waals surface area contributed by atoms with Gasteiger partial charge in [-0.1, -0.05) is 87.3 Å². The number of carbonyl (C=O) groups excluding carboxylic acids is 1. The van der Waals surface area contributed by atoms with Gasteiger partial charge in [0.2, 0.25) is 0 Å². The number of allylic oxidation sites excluding steroid dienone is 4. The second-order valence-electron chi connectivity index (χ2n) is 11.4. The average Bonchev–Trinajstić information content (AvgIpc) is 2.87. The van der Waals surface area contributed by atoms with E-state index in [0.717, 1.165) is 38.0 Å². The minimum Gasteiger partial charge on any atom is -0.426 e. The van der Waals surface area contributed by atoms with Crippen LogP contribution in [0.2, 0.25) is 0 Å². The Morgan fingerprint density at radius 2 is 1.66 bits per heavy atom. The van der Waals surface area contributed by atoms with E-state index < -0.39 is 0 Å². The topological polar surface area (TPSA) is 26.3 Å². The number of ether oxygens (including phenoxy) is 1. The Bertz CT molecular complexity index is 804. The van der Waals surface area contributed by atoms with Gasteiger partial charge in [0.25, 0.3) is 0 Å². The number of benzene rings is 1. The summed E-state index contributed by atoms with van der Waals surface area (Å²) in [4.78, 5) is 12.7. The van der Waals surface area contributed by atoms with E-state index in [1.54, 1.807) is 0 Å². The van der Waals surface area contributed by atoms with Crippen LogP contribution < -0.4 is 4.74 Å². The molecule has 2 heteroatoms. The van der Waals surface area contributed by atoms with Gasteiger partial charge in [-0.05, 0) is 101 Å². The molecule has 194 valence electrons. The van der Waals surface area contributed by atoms with Crippen molar-refractivity contribution in [1.82, 2.24) is 0 Å². The lowest BCUT2D eigenvalue weighted by Crippen LogP contribution is -2.22. The molecule has 1 fully saturated rings. The smallest absolute Gasteiger partial charge is 0.314 e. The van der Waals surface area contributed by atoms with Crippen LogP contribution >= 0.6 is 0 Å². The van der Waals surface area contributed by atoms with E-state index in [1.807, 2.05) is 12.1 Å². The molecular formula is C33H50O2. The van der Waals surface area contributed by atoms with E-state index in [1.165, 1.54) is 87.3 Å². The predicted molar refractivity (Wildman–Crippen MR) is 149 cm³/mol. The standard InChI is InChI=1S/C33H50O2/c1-4-5-6-7-8-9-12-27-14-18-29(19-15-27)30-22-24-32(25-23-30)35-33(34)31-20-16-28(17-21-31)13-10-11-26(2)3/h11,16,22-25,27,29,31H,4-10,12-15,17-21H2,1-3H3. The van der Waals surface area contributed by atoms with Crippen molar-refractivity contribution in [3.63, 3.8) is 0 Å². The van der Waals surface area contributed by atoms with Gasteiger partial charge in [-0.15, -0.1) is 0 Å². The third kappa shape index (κ3) is 9.98. The van der Waals surface area contributed by atoms with Crippen LogP contribution in [0, 0.1) is 11.8 Å².